The van der Waals surface area contributed by atoms with Crippen LogP contribution in [-0.2, 0) is 37.9 Å². The first kappa shape index (κ1) is 20.8. The van der Waals surface area contributed by atoms with Crippen molar-refractivity contribution in [2.24, 2.45) is 5.92 Å². The maximum absolute atomic E-state index is 10.7. The summed E-state index contributed by atoms with van der Waals surface area (Å²) in [6.45, 7) is 9.42. The van der Waals surface area contributed by atoms with Crippen LogP contribution in [-0.4, -0.2) is 88.8 Å². The second kappa shape index (κ2) is 6.19. The van der Waals surface area contributed by atoms with Gasteiger partial charge in [-0.1, -0.05) is 0 Å². The van der Waals surface area contributed by atoms with E-state index in [2.05, 4.69) is 0 Å². The molecule has 0 aromatic rings. The highest BCUT2D eigenvalue weighted by Crippen LogP contribution is 2.67. The van der Waals surface area contributed by atoms with E-state index in [4.69, 9.17) is 37.9 Å². The molecule has 1 aliphatic carbocycles. The van der Waals surface area contributed by atoms with Gasteiger partial charge >= 0.3 is 0 Å². The second-order valence-electron chi connectivity index (χ2n) is 10.4. The third kappa shape index (κ3) is 2.84. The number of hydrogen-bond acceptors (Lipinski definition) is 10. The van der Waals surface area contributed by atoms with Gasteiger partial charge in [0.2, 0.25) is 6.29 Å². The maximum atomic E-state index is 10.7. The Hall–Kier alpha value is -0.820. The minimum absolute atomic E-state index is 0.147. The van der Waals surface area contributed by atoms with E-state index < -0.39 is 59.8 Å². The zero-order valence-corrected chi connectivity index (χ0v) is 18.2. The van der Waals surface area contributed by atoms with Gasteiger partial charge in [-0.15, -0.1) is 0 Å². The standard InChI is InChI=1S/C21H30O10/c1-18(2)25-8-9-12(28-18)10(22)11(23)16(26-9)27-17-13-20(5)14(30-20)15-21(13,6-7-24-17)31-19(3,4)29-15/h6-7,9-17,22-23H,8H2,1-5H3/t9-,10-,11-,12-,13-,14+,15-,16+,17+,20-,21+/m1/s1. The monoisotopic (exact) mass is 442 g/mol. The Morgan fingerprint density at radius 3 is 2.45 bits per heavy atom. The number of fused-ring (bicyclic) bond motifs is 4. The molecule has 31 heavy (non-hydrogen) atoms. The predicted molar refractivity (Wildman–Crippen MR) is 100 cm³/mol. The lowest BCUT2D eigenvalue weighted by molar-refractivity contribution is -0.399. The Morgan fingerprint density at radius 1 is 0.903 bits per heavy atom. The van der Waals surface area contributed by atoms with Crippen molar-refractivity contribution < 1.29 is 48.1 Å². The fourth-order valence-corrected chi connectivity index (χ4v) is 5.95. The summed E-state index contributed by atoms with van der Waals surface area (Å²) in [5.74, 6) is -2.01. The highest BCUT2D eigenvalue weighted by molar-refractivity contribution is 5.34. The molecule has 174 valence electrons. The van der Waals surface area contributed by atoms with E-state index in [0.717, 1.165) is 0 Å². The van der Waals surface area contributed by atoms with E-state index >= 15 is 0 Å². The van der Waals surface area contributed by atoms with Crippen molar-refractivity contribution in [2.75, 3.05) is 6.61 Å². The van der Waals surface area contributed by atoms with Crippen LogP contribution in [0.15, 0.2) is 12.3 Å². The summed E-state index contributed by atoms with van der Waals surface area (Å²) in [5, 5.41) is 21.5. The quantitative estimate of drug-likeness (QED) is 0.572. The molecule has 5 fully saturated rings. The van der Waals surface area contributed by atoms with Crippen molar-refractivity contribution in [1.82, 2.24) is 0 Å². The van der Waals surface area contributed by atoms with E-state index in [0.29, 0.717) is 0 Å². The highest BCUT2D eigenvalue weighted by atomic mass is 16.8. The summed E-state index contributed by atoms with van der Waals surface area (Å²) in [5.41, 5.74) is -1.33. The second-order valence-corrected chi connectivity index (χ2v) is 10.4. The van der Waals surface area contributed by atoms with Gasteiger partial charge in [-0.3, -0.25) is 0 Å². The molecule has 0 unspecified atom stereocenters. The van der Waals surface area contributed by atoms with E-state index in [-0.39, 0.29) is 24.7 Å². The molecule has 0 aromatic heterocycles. The largest absolute Gasteiger partial charge is 0.472 e. The summed E-state index contributed by atoms with van der Waals surface area (Å²) in [6.07, 6.45) is -2.88. The van der Waals surface area contributed by atoms with Crippen LogP contribution in [0.1, 0.15) is 34.6 Å². The van der Waals surface area contributed by atoms with E-state index in [1.807, 2.05) is 26.8 Å². The fraction of sp³-hybridized carbons (Fsp3) is 0.905. The first-order valence-corrected chi connectivity index (χ1v) is 10.8. The summed E-state index contributed by atoms with van der Waals surface area (Å²) >= 11 is 0. The van der Waals surface area contributed by atoms with Gasteiger partial charge in [-0.25, -0.2) is 0 Å². The maximum Gasteiger partial charge on any atom is 0.210 e. The number of epoxide rings is 1. The molecule has 5 aliphatic heterocycles. The molecule has 11 atom stereocenters. The smallest absolute Gasteiger partial charge is 0.210 e. The van der Waals surface area contributed by atoms with Gasteiger partial charge in [0, 0.05) is 0 Å². The molecule has 0 bridgehead atoms. The van der Waals surface area contributed by atoms with Crippen molar-refractivity contribution in [3.63, 3.8) is 0 Å². The Morgan fingerprint density at radius 2 is 1.68 bits per heavy atom. The van der Waals surface area contributed by atoms with E-state index in [1.54, 1.807) is 13.8 Å². The van der Waals surface area contributed by atoms with Crippen LogP contribution in [0.5, 0.6) is 0 Å². The van der Waals surface area contributed by atoms with Gasteiger partial charge in [-0.05, 0) is 40.7 Å². The van der Waals surface area contributed by atoms with Crippen LogP contribution in [0.25, 0.3) is 0 Å². The minimum Gasteiger partial charge on any atom is -0.472 e. The lowest BCUT2D eigenvalue weighted by Gasteiger charge is -2.49. The molecular weight excluding hydrogens is 412 g/mol. The Bertz CT molecular complexity index is 797. The third-order valence-corrected chi connectivity index (χ3v) is 7.28. The molecule has 0 amide bonds. The van der Waals surface area contributed by atoms with Crippen molar-refractivity contribution in [3.05, 3.63) is 12.3 Å². The average Bonchev–Trinajstić information content (AvgIpc) is 3.20. The SMILES string of the molecule is CC1(C)OC[C@H]2O[C@@H](O[C@@H]3OC=C[C@@]45OC(C)(C)O[C@@H]4[C@@H]4O[C@]4(C)[C@@H]35)[C@H](O)[C@@H](O)[C@@H]2O1. The average molecular weight is 442 g/mol. The molecule has 1 saturated carbocycles. The van der Waals surface area contributed by atoms with Gasteiger partial charge in [0.05, 0.1) is 18.8 Å². The summed E-state index contributed by atoms with van der Waals surface area (Å²) < 4.78 is 47.8. The number of hydrogen-bond donors (Lipinski definition) is 2. The first-order valence-electron chi connectivity index (χ1n) is 10.8. The number of aliphatic hydroxyl groups excluding tert-OH is 2. The first-order chi connectivity index (χ1) is 14.5. The van der Waals surface area contributed by atoms with Crippen LogP contribution in [0.3, 0.4) is 0 Å². The molecule has 10 nitrogen and oxygen atoms in total. The molecule has 0 radical (unpaired) electrons. The zero-order valence-electron chi connectivity index (χ0n) is 18.2. The Kier molecular flexibility index (Phi) is 4.15. The van der Waals surface area contributed by atoms with Crippen LogP contribution >= 0.6 is 0 Å². The summed E-state index contributed by atoms with van der Waals surface area (Å²) in [7, 11) is 0. The number of aliphatic hydroxyl groups is 2. The van der Waals surface area contributed by atoms with Crippen molar-refractivity contribution in [2.45, 2.75) is 107 Å². The van der Waals surface area contributed by atoms with Gasteiger partial charge in [-0.2, -0.15) is 0 Å². The van der Waals surface area contributed by atoms with Gasteiger partial charge in [0.15, 0.2) is 17.9 Å². The molecule has 1 spiro atoms. The summed E-state index contributed by atoms with van der Waals surface area (Å²) in [6, 6.07) is 0. The lowest BCUT2D eigenvalue weighted by atomic mass is 9.82. The molecule has 6 rings (SSSR count). The number of ether oxygens (including phenoxy) is 8. The third-order valence-electron chi connectivity index (χ3n) is 7.28. The summed E-state index contributed by atoms with van der Waals surface area (Å²) in [4.78, 5) is 0. The molecule has 4 saturated heterocycles. The molecule has 5 heterocycles. The zero-order chi connectivity index (χ0) is 22.0. The minimum atomic E-state index is -1.33. The Balaban J connectivity index is 1.25. The van der Waals surface area contributed by atoms with Crippen LogP contribution in [0.4, 0.5) is 0 Å². The molecule has 0 aromatic carbocycles. The van der Waals surface area contributed by atoms with Crippen molar-refractivity contribution >= 4 is 0 Å². The van der Waals surface area contributed by atoms with Crippen molar-refractivity contribution in [1.29, 1.82) is 0 Å². The topological polar surface area (TPSA) is 118 Å². The van der Waals surface area contributed by atoms with Gasteiger partial charge in [0.1, 0.15) is 47.8 Å². The van der Waals surface area contributed by atoms with Gasteiger partial charge in [0.25, 0.3) is 0 Å². The van der Waals surface area contributed by atoms with Crippen LogP contribution in [0, 0.1) is 5.92 Å². The molecule has 10 heteroatoms. The lowest BCUT2D eigenvalue weighted by Crippen LogP contribution is -2.65. The molecular formula is C21H30O10. The van der Waals surface area contributed by atoms with Crippen molar-refractivity contribution in [3.8, 4) is 0 Å². The Labute approximate surface area is 180 Å². The predicted octanol–water partition coefficient (Wildman–Crippen LogP) is 0.149. The van der Waals surface area contributed by atoms with Crippen LogP contribution in [0.2, 0.25) is 0 Å². The molecule has 6 aliphatic rings. The fourth-order valence-electron chi connectivity index (χ4n) is 5.95. The van der Waals surface area contributed by atoms with E-state index in [1.165, 1.54) is 6.26 Å². The highest BCUT2D eigenvalue weighted by Gasteiger charge is 2.83. The van der Waals surface area contributed by atoms with Gasteiger partial charge < -0.3 is 48.1 Å². The number of rotatable bonds is 2. The molecule has 2 N–H and O–H groups in total. The van der Waals surface area contributed by atoms with Crippen LogP contribution < -0.4 is 0 Å². The van der Waals surface area contributed by atoms with E-state index in [9.17, 15) is 10.2 Å². The normalized spacial score (nSPS) is 58.0.